The van der Waals surface area contributed by atoms with Crippen molar-refractivity contribution >= 4 is 28.9 Å². The molecule has 0 atom stereocenters. The molecule has 0 N–H and O–H groups in total. The molecular weight excluding hydrogens is 374 g/mol. The van der Waals surface area contributed by atoms with Crippen molar-refractivity contribution in [2.75, 3.05) is 6.61 Å². The Bertz CT molecular complexity index is 936. The Morgan fingerprint density at radius 2 is 2.15 bits per heavy atom. The van der Waals surface area contributed by atoms with Gasteiger partial charge in [-0.1, -0.05) is 17.7 Å². The molecule has 0 radical (unpaired) electrons. The number of hydrogen-bond donors (Lipinski definition) is 0. The molecule has 3 rings (SSSR count). The van der Waals surface area contributed by atoms with E-state index in [1.54, 1.807) is 17.7 Å². The lowest BCUT2D eigenvalue weighted by molar-refractivity contribution is 0.0525. The minimum absolute atomic E-state index is 0.320. The third-order valence-electron chi connectivity index (χ3n) is 3.76. The van der Waals surface area contributed by atoms with Crippen molar-refractivity contribution in [2.24, 2.45) is 0 Å². The summed E-state index contributed by atoms with van der Waals surface area (Å²) < 4.78 is 12.4. The summed E-state index contributed by atoms with van der Waals surface area (Å²) in [6.07, 6.45) is 1.50. The number of thiazole rings is 1. The van der Waals surface area contributed by atoms with Gasteiger partial charge in [0, 0.05) is 10.4 Å². The number of aromatic nitrogens is 3. The highest BCUT2D eigenvalue weighted by Gasteiger charge is 2.17. The Balaban J connectivity index is 1.72. The van der Waals surface area contributed by atoms with Gasteiger partial charge in [0.25, 0.3) is 0 Å². The first-order valence-corrected chi connectivity index (χ1v) is 9.30. The molecule has 0 fully saturated rings. The quantitative estimate of drug-likeness (QED) is 0.584. The zero-order valence-electron chi connectivity index (χ0n) is 14.7. The Morgan fingerprint density at radius 1 is 1.35 bits per heavy atom. The van der Waals surface area contributed by atoms with Crippen LogP contribution in [0.5, 0.6) is 5.75 Å². The van der Waals surface area contributed by atoms with E-state index >= 15 is 0 Å². The molecule has 0 unspecified atom stereocenters. The summed E-state index contributed by atoms with van der Waals surface area (Å²) in [7, 11) is 0. The fourth-order valence-electron chi connectivity index (χ4n) is 2.29. The molecule has 0 saturated carbocycles. The Hall–Kier alpha value is -2.38. The average Bonchev–Trinajstić information content (AvgIpc) is 3.22. The van der Waals surface area contributed by atoms with Gasteiger partial charge < -0.3 is 9.47 Å². The predicted octanol–water partition coefficient (Wildman–Crippen LogP) is 4.35. The van der Waals surface area contributed by atoms with Crippen molar-refractivity contribution < 1.29 is 14.3 Å². The molecule has 0 aliphatic heterocycles. The maximum atomic E-state index is 11.9. The molecule has 0 spiro atoms. The minimum atomic E-state index is -0.382. The van der Waals surface area contributed by atoms with Crippen molar-refractivity contribution in [3.63, 3.8) is 0 Å². The van der Waals surface area contributed by atoms with E-state index in [1.807, 2.05) is 31.4 Å². The lowest BCUT2D eigenvalue weighted by Gasteiger charge is -2.06. The van der Waals surface area contributed by atoms with Crippen molar-refractivity contribution in [3.8, 4) is 10.9 Å². The molecule has 0 amide bonds. The number of halogens is 1. The highest BCUT2D eigenvalue weighted by molar-refractivity contribution is 7.12. The van der Waals surface area contributed by atoms with Crippen LogP contribution >= 0.6 is 22.9 Å². The van der Waals surface area contributed by atoms with Crippen LogP contribution in [0, 0.1) is 13.8 Å². The van der Waals surface area contributed by atoms with E-state index in [-0.39, 0.29) is 5.97 Å². The van der Waals surface area contributed by atoms with Crippen molar-refractivity contribution in [1.82, 2.24) is 14.8 Å². The average molecular weight is 392 g/mol. The minimum Gasteiger partial charge on any atom is -0.487 e. The number of benzene rings is 1. The third-order valence-corrected chi connectivity index (χ3v) is 5.03. The maximum Gasteiger partial charge on any atom is 0.341 e. The monoisotopic (exact) mass is 391 g/mol. The van der Waals surface area contributed by atoms with E-state index in [2.05, 4.69) is 10.1 Å². The van der Waals surface area contributed by atoms with Gasteiger partial charge >= 0.3 is 5.97 Å². The summed E-state index contributed by atoms with van der Waals surface area (Å²) in [5.41, 5.74) is 2.90. The van der Waals surface area contributed by atoms with Gasteiger partial charge in [-0.15, -0.1) is 11.3 Å². The number of carbonyl (C=O) groups is 1. The van der Waals surface area contributed by atoms with Crippen LogP contribution in [0.1, 0.15) is 34.2 Å². The van der Waals surface area contributed by atoms with Crippen LogP contribution in [0.2, 0.25) is 5.02 Å². The van der Waals surface area contributed by atoms with Gasteiger partial charge in [0.2, 0.25) is 5.13 Å². The van der Waals surface area contributed by atoms with Crippen LogP contribution in [0.3, 0.4) is 0 Å². The van der Waals surface area contributed by atoms with Gasteiger partial charge in [0.1, 0.15) is 17.9 Å². The molecular formula is C18H18ClN3O3S. The van der Waals surface area contributed by atoms with Crippen LogP contribution in [0.15, 0.2) is 29.8 Å². The summed E-state index contributed by atoms with van der Waals surface area (Å²) in [6, 6.07) is 5.57. The van der Waals surface area contributed by atoms with Crippen molar-refractivity contribution in [2.45, 2.75) is 27.4 Å². The predicted molar refractivity (Wildman–Crippen MR) is 100 cm³/mol. The van der Waals surface area contributed by atoms with Crippen molar-refractivity contribution in [3.05, 3.63) is 57.3 Å². The lowest BCUT2D eigenvalue weighted by atomic mass is 10.2. The van der Waals surface area contributed by atoms with Crippen molar-refractivity contribution in [1.29, 1.82) is 0 Å². The second-order valence-electron chi connectivity index (χ2n) is 5.60. The van der Waals surface area contributed by atoms with Gasteiger partial charge in [-0.3, -0.25) is 0 Å². The summed E-state index contributed by atoms with van der Waals surface area (Å²) in [6.45, 7) is 6.17. The fourth-order valence-corrected chi connectivity index (χ4v) is 3.28. The molecule has 8 heteroatoms. The summed E-state index contributed by atoms with van der Waals surface area (Å²) in [5, 5.41) is 7.48. The summed E-state index contributed by atoms with van der Waals surface area (Å²) >= 11 is 7.53. The number of nitrogens with zero attached hydrogens (tertiary/aromatic N) is 3. The highest BCUT2D eigenvalue weighted by Crippen LogP contribution is 2.23. The Labute approximate surface area is 160 Å². The molecule has 26 heavy (non-hydrogen) atoms. The third kappa shape index (κ3) is 3.89. The zero-order chi connectivity index (χ0) is 18.7. The molecule has 136 valence electrons. The summed E-state index contributed by atoms with van der Waals surface area (Å²) in [5.74, 6) is 0.308. The number of aryl methyl sites for hydroxylation is 1. The van der Waals surface area contributed by atoms with Crippen LogP contribution in [0.25, 0.3) is 5.13 Å². The standard InChI is InChI=1S/C18H18ClN3O3S/c1-4-24-17(23)15-8-20-22(12(15)3)18-21-13(10-26-18)9-25-14-6-5-11(2)16(19)7-14/h5-8,10H,4,9H2,1-3H3. The number of rotatable bonds is 6. The molecule has 3 aromatic rings. The molecule has 0 aliphatic carbocycles. The van der Waals surface area contributed by atoms with E-state index < -0.39 is 0 Å². The molecule has 2 aromatic heterocycles. The number of carbonyl (C=O) groups excluding carboxylic acids is 1. The zero-order valence-corrected chi connectivity index (χ0v) is 16.2. The maximum absolute atomic E-state index is 11.9. The largest absolute Gasteiger partial charge is 0.487 e. The molecule has 1 aromatic carbocycles. The van der Waals surface area contributed by atoms with E-state index in [1.165, 1.54) is 17.5 Å². The van der Waals surface area contributed by atoms with E-state index in [0.29, 0.717) is 40.4 Å². The Morgan fingerprint density at radius 3 is 2.88 bits per heavy atom. The van der Waals surface area contributed by atoms with Gasteiger partial charge in [-0.2, -0.15) is 5.10 Å². The molecule has 2 heterocycles. The van der Waals surface area contributed by atoms with E-state index in [9.17, 15) is 4.79 Å². The van der Waals surface area contributed by atoms with Gasteiger partial charge in [0.05, 0.1) is 24.2 Å². The normalized spacial score (nSPS) is 10.8. The molecule has 0 saturated heterocycles. The first-order valence-electron chi connectivity index (χ1n) is 8.05. The van der Waals surface area contributed by atoms with Crippen LogP contribution < -0.4 is 4.74 Å². The van der Waals surface area contributed by atoms with Gasteiger partial charge in [0.15, 0.2) is 0 Å². The van der Waals surface area contributed by atoms with Crippen LogP contribution in [-0.2, 0) is 11.3 Å². The molecule has 0 bridgehead atoms. The topological polar surface area (TPSA) is 66.2 Å². The lowest BCUT2D eigenvalue weighted by Crippen LogP contribution is -2.07. The van der Waals surface area contributed by atoms with Crippen LogP contribution in [0.4, 0.5) is 0 Å². The summed E-state index contributed by atoms with van der Waals surface area (Å²) in [4.78, 5) is 16.4. The van der Waals surface area contributed by atoms with E-state index in [4.69, 9.17) is 21.1 Å². The molecule has 6 nitrogen and oxygen atoms in total. The first kappa shape index (κ1) is 18.4. The first-order chi connectivity index (χ1) is 12.5. The SMILES string of the molecule is CCOC(=O)c1cnn(-c2nc(COc3ccc(C)c(Cl)c3)cs2)c1C. The van der Waals surface area contributed by atoms with Gasteiger partial charge in [-0.25, -0.2) is 14.5 Å². The second kappa shape index (κ2) is 7.88. The van der Waals surface area contributed by atoms with E-state index in [0.717, 1.165) is 11.3 Å². The smallest absolute Gasteiger partial charge is 0.341 e. The number of hydrogen-bond acceptors (Lipinski definition) is 6. The van der Waals surface area contributed by atoms with Crippen LogP contribution in [-0.4, -0.2) is 27.3 Å². The Kier molecular flexibility index (Phi) is 5.58. The second-order valence-corrected chi connectivity index (χ2v) is 6.84. The number of esters is 1. The highest BCUT2D eigenvalue weighted by atomic mass is 35.5. The molecule has 0 aliphatic rings. The fraction of sp³-hybridized carbons (Fsp3) is 0.278. The number of ether oxygens (including phenoxy) is 2. The van der Waals surface area contributed by atoms with Gasteiger partial charge in [-0.05, 0) is 38.5 Å².